The maximum Gasteiger partial charge on any atom is 0.0966 e. The summed E-state index contributed by atoms with van der Waals surface area (Å²) in [6, 6.07) is 0. The molecule has 0 unspecified atom stereocenters. The Morgan fingerprint density at radius 2 is 2.14 bits per heavy atom. The molecule has 4 nitrogen and oxygen atoms in total. The summed E-state index contributed by atoms with van der Waals surface area (Å²) in [4.78, 5) is 0. The van der Waals surface area contributed by atoms with Crippen LogP contribution in [0.2, 0.25) is 0 Å². The predicted octanol–water partition coefficient (Wildman–Crippen LogP) is -1.10. The lowest BCUT2D eigenvalue weighted by Crippen LogP contribution is -2.05. The fourth-order valence-corrected chi connectivity index (χ4v) is 0.361. The van der Waals surface area contributed by atoms with Gasteiger partial charge in [0, 0.05) is 6.54 Å². The highest BCUT2D eigenvalue weighted by atomic mass is 16.5. The minimum absolute atomic E-state index is 0. The smallest absolute Gasteiger partial charge is 0.0966 e. The van der Waals surface area contributed by atoms with E-state index in [1.54, 1.807) is 0 Å². The average Bonchev–Trinajstić information content (AvgIpc) is 1.76. The second kappa shape index (κ2) is 5.84. The van der Waals surface area contributed by atoms with E-state index in [2.05, 4.69) is 5.32 Å². The van der Waals surface area contributed by atoms with Crippen LogP contribution in [-0.4, -0.2) is 25.4 Å². The molecule has 1 fully saturated rings. The van der Waals surface area contributed by atoms with Gasteiger partial charge in [-0.15, -0.1) is 0 Å². The molecule has 4 heteroatoms. The molecule has 1 aliphatic heterocycles. The molecule has 0 atom stereocenters. The molecular formula is C3H12N2O2. The molecule has 0 amide bonds. The molecule has 1 heterocycles. The van der Waals surface area contributed by atoms with Crippen LogP contribution < -0.4 is 11.5 Å². The summed E-state index contributed by atoms with van der Waals surface area (Å²) in [6.07, 6.45) is 0. The van der Waals surface area contributed by atoms with Crippen molar-refractivity contribution >= 4 is 0 Å². The first-order chi connectivity index (χ1) is 2.50. The van der Waals surface area contributed by atoms with Crippen molar-refractivity contribution in [2.45, 2.75) is 0 Å². The van der Waals surface area contributed by atoms with Crippen molar-refractivity contribution in [1.82, 2.24) is 11.5 Å². The standard InChI is InChI=1S/C3H7NO.H3N.H2O/c1-2-5-3-4-1;;/h4H,1-3H2;1H3;1H2. The van der Waals surface area contributed by atoms with Gasteiger partial charge >= 0.3 is 0 Å². The van der Waals surface area contributed by atoms with Gasteiger partial charge in [0.15, 0.2) is 0 Å². The monoisotopic (exact) mass is 108 g/mol. The molecular weight excluding hydrogens is 96.0 g/mol. The number of hydrogen-bond donors (Lipinski definition) is 2. The summed E-state index contributed by atoms with van der Waals surface area (Å²) in [5, 5.41) is 3.00. The van der Waals surface area contributed by atoms with Crippen LogP contribution in [0.15, 0.2) is 0 Å². The number of ether oxygens (including phenoxy) is 1. The van der Waals surface area contributed by atoms with Gasteiger partial charge in [-0.3, -0.25) is 5.32 Å². The Kier molecular flexibility index (Phi) is 8.31. The molecule has 0 saturated carbocycles. The molecule has 0 aromatic heterocycles. The van der Waals surface area contributed by atoms with Crippen LogP contribution in [-0.2, 0) is 4.74 Å². The first-order valence-corrected chi connectivity index (χ1v) is 1.78. The Bertz CT molecular complexity index is 22.5. The molecule has 6 N–H and O–H groups in total. The lowest BCUT2D eigenvalue weighted by atomic mass is 10.7. The van der Waals surface area contributed by atoms with Gasteiger partial charge in [0.1, 0.15) is 0 Å². The van der Waals surface area contributed by atoms with Gasteiger partial charge in [0.05, 0.1) is 13.3 Å². The van der Waals surface area contributed by atoms with E-state index in [0.29, 0.717) is 0 Å². The topological polar surface area (TPSA) is 87.8 Å². The van der Waals surface area contributed by atoms with E-state index in [1.807, 2.05) is 0 Å². The minimum atomic E-state index is 0. The zero-order valence-corrected chi connectivity index (χ0v) is 4.24. The van der Waals surface area contributed by atoms with E-state index < -0.39 is 0 Å². The van der Waals surface area contributed by atoms with Crippen LogP contribution in [0.1, 0.15) is 0 Å². The zero-order chi connectivity index (χ0) is 3.54. The van der Waals surface area contributed by atoms with Crippen molar-refractivity contribution in [3.8, 4) is 0 Å². The molecule has 0 radical (unpaired) electrons. The fourth-order valence-electron chi connectivity index (χ4n) is 0.361. The molecule has 7 heavy (non-hydrogen) atoms. The normalized spacial score (nSPS) is 17.1. The van der Waals surface area contributed by atoms with Crippen LogP contribution in [0, 0.1) is 0 Å². The first kappa shape index (κ1) is 9.96. The van der Waals surface area contributed by atoms with Crippen molar-refractivity contribution in [3.63, 3.8) is 0 Å². The van der Waals surface area contributed by atoms with Crippen LogP contribution in [0.3, 0.4) is 0 Å². The molecule has 0 aliphatic carbocycles. The van der Waals surface area contributed by atoms with Crippen LogP contribution >= 0.6 is 0 Å². The van der Waals surface area contributed by atoms with Gasteiger partial charge < -0.3 is 16.4 Å². The van der Waals surface area contributed by atoms with Crippen molar-refractivity contribution < 1.29 is 10.2 Å². The lowest BCUT2D eigenvalue weighted by Gasteiger charge is -1.76. The van der Waals surface area contributed by atoms with Crippen LogP contribution in [0.5, 0.6) is 0 Å². The Hall–Kier alpha value is -0.160. The van der Waals surface area contributed by atoms with E-state index in [0.717, 1.165) is 19.9 Å². The third kappa shape index (κ3) is 3.68. The van der Waals surface area contributed by atoms with Gasteiger partial charge in [-0.1, -0.05) is 0 Å². The second-order valence-corrected chi connectivity index (χ2v) is 1.05. The Morgan fingerprint density at radius 1 is 1.43 bits per heavy atom. The van der Waals surface area contributed by atoms with Gasteiger partial charge in [0.2, 0.25) is 0 Å². The summed E-state index contributed by atoms with van der Waals surface area (Å²) in [5.74, 6) is 0. The molecule has 1 saturated heterocycles. The lowest BCUT2D eigenvalue weighted by molar-refractivity contribution is 0.194. The zero-order valence-electron chi connectivity index (χ0n) is 4.24. The molecule has 0 spiro atoms. The van der Waals surface area contributed by atoms with Gasteiger partial charge in [-0.2, -0.15) is 0 Å². The van der Waals surface area contributed by atoms with E-state index >= 15 is 0 Å². The number of nitrogens with one attached hydrogen (secondary N) is 1. The molecule has 1 rings (SSSR count). The molecule has 0 bridgehead atoms. The maximum atomic E-state index is 4.83. The van der Waals surface area contributed by atoms with Gasteiger partial charge in [-0.25, -0.2) is 0 Å². The predicted molar refractivity (Wildman–Crippen MR) is 27.5 cm³/mol. The summed E-state index contributed by atoms with van der Waals surface area (Å²) in [5.41, 5.74) is 0. The SMILES string of the molecule is C1COCN1.N.O. The van der Waals surface area contributed by atoms with Crippen molar-refractivity contribution in [2.75, 3.05) is 19.9 Å². The summed E-state index contributed by atoms with van der Waals surface area (Å²) in [7, 11) is 0. The average molecular weight is 108 g/mol. The fraction of sp³-hybridized carbons (Fsp3) is 1.00. The van der Waals surface area contributed by atoms with E-state index in [4.69, 9.17) is 4.74 Å². The highest BCUT2D eigenvalue weighted by Crippen LogP contribution is 1.75. The summed E-state index contributed by atoms with van der Waals surface area (Å²) in [6.45, 7) is 2.67. The Morgan fingerprint density at radius 3 is 2.29 bits per heavy atom. The summed E-state index contributed by atoms with van der Waals surface area (Å²) < 4.78 is 4.83. The largest absolute Gasteiger partial charge is 0.412 e. The van der Waals surface area contributed by atoms with E-state index in [1.165, 1.54) is 0 Å². The second-order valence-electron chi connectivity index (χ2n) is 1.05. The van der Waals surface area contributed by atoms with Gasteiger partial charge in [0.25, 0.3) is 0 Å². The molecule has 0 aromatic carbocycles. The molecule has 1 aliphatic rings. The molecule has 46 valence electrons. The highest BCUT2D eigenvalue weighted by molar-refractivity contribution is 4.43. The van der Waals surface area contributed by atoms with Crippen molar-refractivity contribution in [3.05, 3.63) is 0 Å². The van der Waals surface area contributed by atoms with Crippen molar-refractivity contribution in [2.24, 2.45) is 0 Å². The summed E-state index contributed by atoms with van der Waals surface area (Å²) >= 11 is 0. The van der Waals surface area contributed by atoms with Crippen LogP contribution in [0.25, 0.3) is 0 Å². The number of rotatable bonds is 0. The molecule has 0 aromatic rings. The maximum absolute atomic E-state index is 4.83. The van der Waals surface area contributed by atoms with E-state index in [9.17, 15) is 0 Å². The van der Waals surface area contributed by atoms with Crippen LogP contribution in [0.4, 0.5) is 0 Å². The van der Waals surface area contributed by atoms with E-state index in [-0.39, 0.29) is 11.6 Å². The third-order valence-electron chi connectivity index (χ3n) is 0.627. The highest BCUT2D eigenvalue weighted by Gasteiger charge is 1.92. The van der Waals surface area contributed by atoms with Crippen molar-refractivity contribution in [1.29, 1.82) is 0 Å². The quantitative estimate of drug-likeness (QED) is 0.413. The van der Waals surface area contributed by atoms with Gasteiger partial charge in [-0.05, 0) is 0 Å². The third-order valence-corrected chi connectivity index (χ3v) is 0.627. The number of hydrogen-bond acceptors (Lipinski definition) is 3. The Labute approximate surface area is 42.7 Å². The Balaban J connectivity index is 0. The minimum Gasteiger partial charge on any atom is -0.412 e. The first-order valence-electron chi connectivity index (χ1n) is 1.78.